The van der Waals surface area contributed by atoms with Crippen LogP contribution in [0.2, 0.25) is 5.15 Å². The van der Waals surface area contributed by atoms with Gasteiger partial charge < -0.3 is 15.4 Å². The minimum absolute atomic E-state index is 0.0488. The molecule has 1 aliphatic carbocycles. The van der Waals surface area contributed by atoms with Gasteiger partial charge in [0.2, 0.25) is 0 Å². The quantitative estimate of drug-likeness (QED) is 0.565. The Kier molecular flexibility index (Phi) is 5.09. The number of nitrogens with zero attached hydrogens (tertiary/aromatic N) is 1. The molecule has 0 amide bonds. The maximum atomic E-state index is 12.5. The van der Waals surface area contributed by atoms with Gasteiger partial charge in [0.25, 0.3) is 0 Å². The zero-order chi connectivity index (χ0) is 17.6. The molecule has 0 spiro atoms. The molecule has 0 fully saturated rings. The van der Waals surface area contributed by atoms with Crippen LogP contribution in [0.4, 0.5) is 0 Å². The molecule has 3 unspecified atom stereocenters. The molecule has 0 radical (unpaired) electrons. The molecule has 130 valence electrons. The molecule has 1 heterocycles. The van der Waals surface area contributed by atoms with E-state index in [1.165, 1.54) is 0 Å². The molecule has 1 aromatic rings. The van der Waals surface area contributed by atoms with Gasteiger partial charge in [-0.15, -0.1) is 4.72 Å². The zero-order valence-corrected chi connectivity index (χ0v) is 15.9. The van der Waals surface area contributed by atoms with Crippen molar-refractivity contribution in [2.24, 2.45) is 5.73 Å². The van der Waals surface area contributed by atoms with E-state index in [0.29, 0.717) is 10.8 Å². The Morgan fingerprint density at radius 1 is 1.48 bits per heavy atom. The Bertz CT molecular complexity index is 604. The second-order valence-electron chi connectivity index (χ2n) is 7.62. The first-order chi connectivity index (χ1) is 10.4. The van der Waals surface area contributed by atoms with Crippen molar-refractivity contribution in [3.8, 4) is 0 Å². The standard InChI is InChI=1S/C16H26ClN3O2S/c1-14(2,3)23(22)20-15(4)7-6-10-11(15)8-12(19-13(10)17)16(5,21)9-18/h8,20-21H,6-7,9,18H2,1-5H3. The number of hydrogen-bond acceptors (Lipinski definition) is 5. The molecule has 0 bridgehead atoms. The largest absolute Gasteiger partial charge is 0.598 e. The summed E-state index contributed by atoms with van der Waals surface area (Å²) in [6.45, 7) is 9.47. The number of fused-ring (bicyclic) bond motifs is 1. The predicted octanol–water partition coefficient (Wildman–Crippen LogP) is 2.11. The third kappa shape index (κ3) is 3.67. The number of hydrogen-bond donors (Lipinski definition) is 3. The summed E-state index contributed by atoms with van der Waals surface area (Å²) in [5.41, 5.74) is 6.26. The highest BCUT2D eigenvalue weighted by molar-refractivity contribution is 7.90. The first-order valence-corrected chi connectivity index (χ1v) is 9.26. The van der Waals surface area contributed by atoms with Gasteiger partial charge in [-0.2, -0.15) is 0 Å². The second kappa shape index (κ2) is 6.17. The first kappa shape index (κ1) is 19.0. The molecular weight excluding hydrogens is 334 g/mol. The number of aromatic nitrogens is 1. The van der Waals surface area contributed by atoms with Crippen LogP contribution >= 0.6 is 11.6 Å². The topological polar surface area (TPSA) is 94.2 Å². The van der Waals surface area contributed by atoms with Crippen molar-refractivity contribution in [3.05, 3.63) is 28.0 Å². The lowest BCUT2D eigenvalue weighted by atomic mass is 9.92. The third-order valence-corrected chi connectivity index (χ3v) is 6.43. The number of nitrogens with one attached hydrogen (secondary N) is 1. The molecule has 23 heavy (non-hydrogen) atoms. The summed E-state index contributed by atoms with van der Waals surface area (Å²) >= 11 is 5.11. The zero-order valence-electron chi connectivity index (χ0n) is 14.4. The van der Waals surface area contributed by atoms with Gasteiger partial charge in [0.1, 0.15) is 15.5 Å². The van der Waals surface area contributed by atoms with Crippen molar-refractivity contribution in [2.45, 2.75) is 63.3 Å². The summed E-state index contributed by atoms with van der Waals surface area (Å²) < 4.78 is 15.4. The monoisotopic (exact) mass is 359 g/mol. The van der Waals surface area contributed by atoms with E-state index < -0.39 is 22.5 Å². The van der Waals surface area contributed by atoms with E-state index in [4.69, 9.17) is 17.3 Å². The van der Waals surface area contributed by atoms with Gasteiger partial charge in [0.05, 0.1) is 11.2 Å². The van der Waals surface area contributed by atoms with Gasteiger partial charge in [0.15, 0.2) is 0 Å². The van der Waals surface area contributed by atoms with Gasteiger partial charge >= 0.3 is 0 Å². The molecule has 4 N–H and O–H groups in total. The van der Waals surface area contributed by atoms with E-state index in [0.717, 1.165) is 24.0 Å². The molecule has 0 aromatic carbocycles. The molecule has 1 aliphatic rings. The number of nitrogens with two attached hydrogens (primary N) is 1. The molecule has 2 rings (SSSR count). The van der Waals surface area contributed by atoms with Gasteiger partial charge in [0, 0.05) is 17.9 Å². The summed E-state index contributed by atoms with van der Waals surface area (Å²) in [5, 5.41) is 10.8. The Balaban J connectivity index is 2.45. The second-order valence-corrected chi connectivity index (χ2v) is 9.94. The average Bonchev–Trinajstić information content (AvgIpc) is 2.76. The molecule has 0 saturated carbocycles. The van der Waals surface area contributed by atoms with Crippen molar-refractivity contribution in [1.29, 1.82) is 0 Å². The number of pyridine rings is 1. The van der Waals surface area contributed by atoms with E-state index in [-0.39, 0.29) is 11.3 Å². The molecule has 0 saturated heterocycles. The van der Waals surface area contributed by atoms with Crippen LogP contribution in [0.3, 0.4) is 0 Å². The SMILES string of the molecule is CC(O)(CN)c1cc2c(c(Cl)n1)CCC2(C)N[S+]([O-])C(C)(C)C. The third-order valence-electron chi connectivity index (χ3n) is 4.37. The highest BCUT2D eigenvalue weighted by atomic mass is 35.5. The van der Waals surface area contributed by atoms with E-state index >= 15 is 0 Å². The van der Waals surface area contributed by atoms with Crippen LogP contribution in [-0.4, -0.2) is 25.9 Å². The molecule has 0 aliphatic heterocycles. The predicted molar refractivity (Wildman–Crippen MR) is 94.6 cm³/mol. The minimum Gasteiger partial charge on any atom is -0.598 e. The first-order valence-electron chi connectivity index (χ1n) is 7.73. The molecule has 1 aromatic heterocycles. The Hall–Kier alpha value is -0.370. The van der Waals surface area contributed by atoms with Crippen LogP contribution in [0.25, 0.3) is 0 Å². The summed E-state index contributed by atoms with van der Waals surface area (Å²) in [6.07, 6.45) is 1.54. The van der Waals surface area contributed by atoms with Crippen molar-refractivity contribution in [3.63, 3.8) is 0 Å². The summed E-state index contributed by atoms with van der Waals surface area (Å²) in [7, 11) is 0. The number of rotatable bonds is 4. The summed E-state index contributed by atoms with van der Waals surface area (Å²) in [5.74, 6) is 0. The lowest BCUT2D eigenvalue weighted by Crippen LogP contribution is -2.49. The lowest BCUT2D eigenvalue weighted by molar-refractivity contribution is 0.0620. The van der Waals surface area contributed by atoms with Crippen LogP contribution in [0.15, 0.2) is 6.07 Å². The van der Waals surface area contributed by atoms with Crippen LogP contribution < -0.4 is 10.5 Å². The number of halogens is 1. The van der Waals surface area contributed by atoms with E-state index in [9.17, 15) is 9.66 Å². The maximum absolute atomic E-state index is 12.5. The lowest BCUT2D eigenvalue weighted by Gasteiger charge is -2.33. The fourth-order valence-corrected chi connectivity index (χ4v) is 3.84. The van der Waals surface area contributed by atoms with E-state index in [1.807, 2.05) is 33.8 Å². The fraction of sp³-hybridized carbons (Fsp3) is 0.688. The van der Waals surface area contributed by atoms with Crippen molar-refractivity contribution in [2.75, 3.05) is 6.54 Å². The minimum atomic E-state index is -1.24. The highest BCUT2D eigenvalue weighted by Gasteiger charge is 2.43. The maximum Gasteiger partial charge on any atom is 0.136 e. The van der Waals surface area contributed by atoms with Gasteiger partial charge in [-0.25, -0.2) is 4.98 Å². The van der Waals surface area contributed by atoms with Crippen LogP contribution in [0, 0.1) is 0 Å². The normalized spacial score (nSPS) is 25.1. The average molecular weight is 360 g/mol. The van der Waals surface area contributed by atoms with Crippen LogP contribution in [-0.2, 0) is 28.9 Å². The Morgan fingerprint density at radius 2 is 2.09 bits per heavy atom. The summed E-state index contributed by atoms with van der Waals surface area (Å²) in [4.78, 5) is 4.31. The van der Waals surface area contributed by atoms with Gasteiger partial charge in [-0.05, 0) is 64.7 Å². The van der Waals surface area contributed by atoms with Crippen LogP contribution in [0.1, 0.15) is 57.9 Å². The van der Waals surface area contributed by atoms with E-state index in [2.05, 4.69) is 9.71 Å². The highest BCUT2D eigenvalue weighted by Crippen LogP contribution is 2.42. The molecule has 5 nitrogen and oxygen atoms in total. The number of aliphatic hydroxyl groups is 1. The Labute approximate surface area is 146 Å². The van der Waals surface area contributed by atoms with Crippen molar-refractivity contribution in [1.82, 2.24) is 9.71 Å². The molecule has 7 heteroatoms. The van der Waals surface area contributed by atoms with Crippen molar-refractivity contribution < 1.29 is 9.66 Å². The van der Waals surface area contributed by atoms with Gasteiger partial charge in [-0.3, -0.25) is 0 Å². The van der Waals surface area contributed by atoms with Crippen molar-refractivity contribution >= 4 is 23.0 Å². The smallest absolute Gasteiger partial charge is 0.136 e. The molecule has 3 atom stereocenters. The summed E-state index contributed by atoms with van der Waals surface area (Å²) in [6, 6.07) is 1.84. The molecular formula is C16H26ClN3O2S. The van der Waals surface area contributed by atoms with Crippen LogP contribution in [0.5, 0.6) is 0 Å². The fourth-order valence-electron chi connectivity index (χ4n) is 2.62. The van der Waals surface area contributed by atoms with Gasteiger partial charge in [-0.1, -0.05) is 11.6 Å². The Morgan fingerprint density at radius 3 is 2.61 bits per heavy atom. The van der Waals surface area contributed by atoms with E-state index in [1.54, 1.807) is 6.92 Å².